The van der Waals surface area contributed by atoms with Crippen LogP contribution in [0, 0.1) is 0 Å². The number of fused-ring (bicyclic) bond motifs is 1. The fourth-order valence-corrected chi connectivity index (χ4v) is 13.5. The van der Waals surface area contributed by atoms with E-state index in [9.17, 15) is 0 Å². The minimum atomic E-state index is -0.877. The third kappa shape index (κ3) is 11.7. The third-order valence-corrected chi connectivity index (χ3v) is 16.8. The smallest absolute Gasteiger partial charge is 0.663 e. The first kappa shape index (κ1) is 46.4. The van der Waals surface area contributed by atoms with Gasteiger partial charge in [0.25, 0.3) is 0 Å². The standard InChI is InChI=1S/C26H19N2.2C18H15P.Cu/c1-3-11-21(12-4-1)28(22-13-5-2-6-14-22)25-17-8-7-15-23(25)24-16-9-10-20-18-19-27-26(20)24;2*1-4-10-16(11-5-1)19(17-12-6-2-7-13-17)18-14-8-3-9-15-18;/h1-19H;2*1-15H;/q-1;;;+2/p+2. The first-order chi connectivity index (χ1) is 32.8. The normalized spacial score (nSPS) is 10.5. The molecule has 0 spiro atoms. The Kier molecular flexibility index (Phi) is 16.6. The first-order valence-corrected chi connectivity index (χ1v) is 25.4. The van der Waals surface area contributed by atoms with E-state index in [1.807, 2.05) is 18.3 Å². The molecule has 0 saturated heterocycles. The monoisotopic (exact) mass is 948 g/mol. The summed E-state index contributed by atoms with van der Waals surface area (Å²) < 4.78 is 0. The number of aromatic nitrogens is 1. The van der Waals surface area contributed by atoms with E-state index in [1.165, 1.54) is 42.8 Å². The third-order valence-electron chi connectivity index (χ3n) is 11.4. The van der Waals surface area contributed by atoms with Crippen molar-refractivity contribution in [2.75, 3.05) is 4.90 Å². The molecule has 0 aliphatic heterocycles. The fourth-order valence-electron chi connectivity index (χ4n) is 8.36. The first-order valence-electron chi connectivity index (χ1n) is 22.4. The van der Waals surface area contributed by atoms with Crippen molar-refractivity contribution in [3.63, 3.8) is 0 Å². The second-order valence-electron chi connectivity index (χ2n) is 15.7. The van der Waals surface area contributed by atoms with Gasteiger partial charge in [-0.05, 0) is 114 Å². The van der Waals surface area contributed by atoms with Gasteiger partial charge >= 0.3 is 17.1 Å². The van der Waals surface area contributed by atoms with E-state index in [0.29, 0.717) is 0 Å². The molecule has 1 heterocycles. The van der Waals surface area contributed by atoms with Gasteiger partial charge in [0.1, 0.15) is 31.8 Å². The van der Waals surface area contributed by atoms with Crippen molar-refractivity contribution in [2.24, 2.45) is 0 Å². The molecule has 0 fully saturated rings. The van der Waals surface area contributed by atoms with Gasteiger partial charge in [-0.15, -0.1) is 5.52 Å². The van der Waals surface area contributed by atoms with E-state index in [4.69, 9.17) is 0 Å². The van der Waals surface area contributed by atoms with Crippen LogP contribution in [0.15, 0.2) is 297 Å². The zero-order valence-electron chi connectivity index (χ0n) is 37.0. The van der Waals surface area contributed by atoms with Crippen LogP contribution in [0.1, 0.15) is 0 Å². The molecular weight excluding hydrogens is 898 g/mol. The van der Waals surface area contributed by atoms with E-state index in [1.54, 1.807) is 0 Å². The van der Waals surface area contributed by atoms with Crippen molar-refractivity contribution in [1.29, 1.82) is 0 Å². The van der Waals surface area contributed by atoms with Crippen LogP contribution in [-0.4, -0.2) is 0 Å². The van der Waals surface area contributed by atoms with Gasteiger partial charge in [0, 0.05) is 16.9 Å². The molecule has 1 radical (unpaired) electrons. The van der Waals surface area contributed by atoms with Crippen LogP contribution < -0.4 is 41.7 Å². The predicted octanol–water partition coefficient (Wildman–Crippen LogP) is 13.3. The van der Waals surface area contributed by atoms with Crippen molar-refractivity contribution < 1.29 is 17.1 Å². The van der Waals surface area contributed by atoms with E-state index >= 15 is 0 Å². The van der Waals surface area contributed by atoms with Crippen molar-refractivity contribution >= 4 is 75.6 Å². The van der Waals surface area contributed by atoms with Crippen LogP contribution >= 0.6 is 15.8 Å². The van der Waals surface area contributed by atoms with Crippen LogP contribution in [0.4, 0.5) is 17.1 Å². The average molecular weight is 950 g/mol. The Balaban J connectivity index is 0.000000139. The summed E-state index contributed by atoms with van der Waals surface area (Å²) in [6, 6.07) is 103. The molecule has 67 heavy (non-hydrogen) atoms. The minimum absolute atomic E-state index is 0. The molecule has 0 aliphatic rings. The van der Waals surface area contributed by atoms with Gasteiger partial charge in [0.2, 0.25) is 0 Å². The van der Waals surface area contributed by atoms with Gasteiger partial charge in [0.15, 0.2) is 0 Å². The van der Waals surface area contributed by atoms with E-state index in [0.717, 1.165) is 28.1 Å². The maximum absolute atomic E-state index is 4.62. The van der Waals surface area contributed by atoms with Crippen LogP contribution in [-0.2, 0) is 17.1 Å². The molecule has 2 nitrogen and oxygen atoms in total. The Hall–Kier alpha value is -7.08. The number of benzene rings is 10. The molecule has 0 amide bonds. The van der Waals surface area contributed by atoms with E-state index in [-0.39, 0.29) is 17.1 Å². The SMILES string of the molecule is [Cu+2].c1ccc(N(c2ccccc2)c2ccccc2-c2cccc3cc[n-]c23)cc1.c1ccc([PH+](c2ccccc2)c2ccccc2)cc1.c1ccc([PH+](c2ccccc2)c2ccccc2)cc1. The number of rotatable bonds is 10. The predicted molar refractivity (Wildman–Crippen MR) is 290 cm³/mol. The van der Waals surface area contributed by atoms with Crippen LogP contribution in [0.5, 0.6) is 0 Å². The molecule has 0 N–H and O–H groups in total. The Morgan fingerprint density at radius 3 is 0.925 bits per heavy atom. The Morgan fingerprint density at radius 1 is 0.269 bits per heavy atom. The number of anilines is 3. The molecule has 5 heteroatoms. The zero-order chi connectivity index (χ0) is 44.6. The Morgan fingerprint density at radius 2 is 0.567 bits per heavy atom. The minimum Gasteiger partial charge on any atom is -0.663 e. The summed E-state index contributed by atoms with van der Waals surface area (Å²) in [5.41, 5.74) is 6.74. The fraction of sp³-hybridized carbons (Fsp3) is 0. The zero-order valence-corrected chi connectivity index (χ0v) is 39.9. The van der Waals surface area contributed by atoms with E-state index in [2.05, 4.69) is 289 Å². The maximum atomic E-state index is 4.62. The Bertz CT molecular complexity index is 2780. The number of hydrogen-bond acceptors (Lipinski definition) is 1. The summed E-state index contributed by atoms with van der Waals surface area (Å²) in [5, 5.41) is 9.78. The molecule has 0 aliphatic carbocycles. The van der Waals surface area contributed by atoms with Crippen LogP contribution in [0.25, 0.3) is 22.0 Å². The second kappa shape index (κ2) is 23.9. The van der Waals surface area contributed by atoms with Gasteiger partial charge < -0.3 is 9.88 Å². The molecular formula is C62H51CuN2P2+3. The van der Waals surface area contributed by atoms with Crippen molar-refractivity contribution in [3.05, 3.63) is 297 Å². The summed E-state index contributed by atoms with van der Waals surface area (Å²) in [6.07, 6.45) is 1.88. The van der Waals surface area contributed by atoms with E-state index < -0.39 is 15.8 Å². The molecule has 327 valence electrons. The molecule has 0 atom stereocenters. The number of hydrogen-bond donors (Lipinski definition) is 0. The molecule has 10 aromatic carbocycles. The number of nitrogens with zero attached hydrogens (tertiary/aromatic N) is 2. The number of para-hydroxylation sites is 4. The average Bonchev–Trinajstić information content (AvgIpc) is 3.90. The largest absolute Gasteiger partial charge is 2.00 e. The summed E-state index contributed by atoms with van der Waals surface area (Å²) in [4.78, 5) is 6.93. The van der Waals surface area contributed by atoms with Gasteiger partial charge in [-0.1, -0.05) is 188 Å². The van der Waals surface area contributed by atoms with Crippen LogP contribution in [0.2, 0.25) is 0 Å². The van der Waals surface area contributed by atoms with Gasteiger partial charge in [-0.25, -0.2) is 0 Å². The molecule has 11 aromatic rings. The summed E-state index contributed by atoms with van der Waals surface area (Å²) in [5.74, 6) is 0. The molecule has 0 saturated carbocycles. The molecule has 11 rings (SSSR count). The van der Waals surface area contributed by atoms with Gasteiger partial charge in [0.05, 0.1) is 21.5 Å². The molecule has 0 unspecified atom stereocenters. The summed E-state index contributed by atoms with van der Waals surface area (Å²) in [6.45, 7) is 0. The summed E-state index contributed by atoms with van der Waals surface area (Å²) >= 11 is 0. The van der Waals surface area contributed by atoms with Crippen molar-refractivity contribution in [2.45, 2.75) is 0 Å². The second-order valence-corrected chi connectivity index (χ2v) is 20.6. The Labute approximate surface area is 408 Å². The quantitative estimate of drug-likeness (QED) is 0.100. The van der Waals surface area contributed by atoms with Crippen molar-refractivity contribution in [3.8, 4) is 11.1 Å². The molecule has 0 bridgehead atoms. The van der Waals surface area contributed by atoms with Crippen molar-refractivity contribution in [1.82, 2.24) is 4.98 Å². The van der Waals surface area contributed by atoms with Gasteiger partial charge in [-0.3, -0.25) is 0 Å². The topological polar surface area (TPSA) is 17.3 Å². The summed E-state index contributed by atoms with van der Waals surface area (Å²) in [7, 11) is -1.75. The van der Waals surface area contributed by atoms with Crippen LogP contribution in [0.3, 0.4) is 0 Å². The van der Waals surface area contributed by atoms with Gasteiger partial charge in [-0.2, -0.15) is 6.20 Å². The molecule has 1 aromatic heterocycles. The maximum Gasteiger partial charge on any atom is 2.00 e.